The van der Waals surface area contributed by atoms with Gasteiger partial charge in [0.25, 0.3) is 0 Å². The third-order valence-electron chi connectivity index (χ3n) is 2.29. The summed E-state index contributed by atoms with van der Waals surface area (Å²) in [4.78, 5) is 28.7. The molecule has 0 radical (unpaired) electrons. The zero-order valence-electron chi connectivity index (χ0n) is 9.48. The van der Waals surface area contributed by atoms with Crippen LogP contribution in [0.25, 0.3) is 0 Å². The average Bonchev–Trinajstić information content (AvgIpc) is 2.39. The Bertz CT molecular complexity index is 630. The van der Waals surface area contributed by atoms with Gasteiger partial charge in [0.05, 0.1) is 23.0 Å². The Kier molecular flexibility index (Phi) is 3.33. The van der Waals surface area contributed by atoms with Gasteiger partial charge < -0.3 is 10.4 Å². The molecule has 0 bridgehead atoms. The number of aromatic nitrogens is 2. The minimum absolute atomic E-state index is 0.0692. The first kappa shape index (κ1) is 12.4. The van der Waals surface area contributed by atoms with Crippen LogP contribution in [0.2, 0.25) is 0 Å². The highest BCUT2D eigenvalue weighted by atomic mass is 16.6. The van der Waals surface area contributed by atoms with E-state index in [0.29, 0.717) is 5.69 Å². The molecule has 96 valence electrons. The molecule has 0 aliphatic heterocycles. The lowest BCUT2D eigenvalue weighted by Gasteiger charge is -2.07. The van der Waals surface area contributed by atoms with Crippen molar-refractivity contribution in [1.29, 1.82) is 0 Å². The van der Waals surface area contributed by atoms with Gasteiger partial charge in [0.2, 0.25) is 0 Å². The monoisotopic (exact) mass is 260 g/mol. The summed E-state index contributed by atoms with van der Waals surface area (Å²) in [5, 5.41) is 22.7. The van der Waals surface area contributed by atoms with Gasteiger partial charge in [-0.25, -0.2) is 14.8 Å². The maximum Gasteiger partial charge on any atom is 0.342 e. The molecule has 0 amide bonds. The number of aromatic carboxylic acids is 1. The number of rotatable bonds is 4. The molecule has 0 spiro atoms. The Hall–Kier alpha value is -3.03. The predicted octanol–water partition coefficient (Wildman–Crippen LogP) is 1.83. The number of carbonyl (C=O) groups is 1. The highest BCUT2D eigenvalue weighted by Gasteiger charge is 2.24. The van der Waals surface area contributed by atoms with E-state index in [2.05, 4.69) is 15.3 Å². The normalized spacial score (nSPS) is 9.89. The molecular formula is C11H8N4O4. The first-order valence-electron chi connectivity index (χ1n) is 5.12. The maximum atomic E-state index is 11.0. The van der Waals surface area contributed by atoms with Crippen molar-refractivity contribution in [3.63, 3.8) is 0 Å². The van der Waals surface area contributed by atoms with E-state index in [-0.39, 0.29) is 11.3 Å². The smallest absolute Gasteiger partial charge is 0.342 e. The number of hydrogen-bond donors (Lipinski definition) is 2. The van der Waals surface area contributed by atoms with E-state index < -0.39 is 16.6 Å². The molecule has 0 atom stereocenters. The molecule has 0 unspecified atom stereocenters. The Labute approximate surface area is 106 Å². The largest absolute Gasteiger partial charge is 0.477 e. The van der Waals surface area contributed by atoms with Gasteiger partial charge in [-0.1, -0.05) is 6.07 Å². The van der Waals surface area contributed by atoms with Crippen molar-refractivity contribution in [2.24, 2.45) is 0 Å². The Balaban J connectivity index is 2.48. The van der Waals surface area contributed by atoms with E-state index in [1.807, 2.05) is 0 Å². The van der Waals surface area contributed by atoms with E-state index in [1.165, 1.54) is 36.9 Å². The van der Waals surface area contributed by atoms with Gasteiger partial charge in [-0.05, 0) is 12.1 Å². The standard InChI is InChI=1S/C11H8N4O4/c16-11(17)8-2-1-3-9(10(8)15(18)19)14-7-4-12-6-13-5-7/h1-6,14H,(H,16,17). The minimum Gasteiger partial charge on any atom is -0.477 e. The van der Waals surface area contributed by atoms with Crippen LogP contribution in [0.15, 0.2) is 36.9 Å². The highest BCUT2D eigenvalue weighted by Crippen LogP contribution is 2.30. The summed E-state index contributed by atoms with van der Waals surface area (Å²) < 4.78 is 0. The maximum absolute atomic E-state index is 11.0. The van der Waals surface area contributed by atoms with Crippen molar-refractivity contribution in [1.82, 2.24) is 9.97 Å². The molecule has 2 rings (SSSR count). The van der Waals surface area contributed by atoms with Crippen LogP contribution in [0.3, 0.4) is 0 Å². The van der Waals surface area contributed by atoms with Gasteiger partial charge in [0.1, 0.15) is 17.6 Å². The molecule has 1 aromatic heterocycles. The number of carboxylic acid groups (broad SMARTS) is 1. The number of benzene rings is 1. The Morgan fingerprint density at radius 1 is 1.32 bits per heavy atom. The summed E-state index contributed by atoms with van der Waals surface area (Å²) >= 11 is 0. The van der Waals surface area contributed by atoms with Crippen molar-refractivity contribution >= 4 is 23.0 Å². The fraction of sp³-hybridized carbons (Fsp3) is 0. The predicted molar refractivity (Wildman–Crippen MR) is 65.4 cm³/mol. The van der Waals surface area contributed by atoms with Crippen LogP contribution in [0.5, 0.6) is 0 Å². The molecule has 0 saturated heterocycles. The van der Waals surface area contributed by atoms with Crippen LogP contribution in [0.4, 0.5) is 17.1 Å². The summed E-state index contributed by atoms with van der Waals surface area (Å²) in [5.74, 6) is -1.36. The molecule has 8 nitrogen and oxygen atoms in total. The third kappa shape index (κ3) is 2.63. The first-order chi connectivity index (χ1) is 9.09. The van der Waals surface area contributed by atoms with E-state index in [1.54, 1.807) is 0 Å². The van der Waals surface area contributed by atoms with E-state index in [0.717, 1.165) is 0 Å². The first-order valence-corrected chi connectivity index (χ1v) is 5.12. The lowest BCUT2D eigenvalue weighted by Crippen LogP contribution is -2.05. The Morgan fingerprint density at radius 3 is 2.58 bits per heavy atom. The van der Waals surface area contributed by atoms with E-state index in [4.69, 9.17) is 5.11 Å². The molecule has 1 aromatic carbocycles. The van der Waals surface area contributed by atoms with Crippen molar-refractivity contribution in [2.75, 3.05) is 5.32 Å². The van der Waals surface area contributed by atoms with Crippen LogP contribution in [0.1, 0.15) is 10.4 Å². The number of nitro groups is 1. The number of nitrogens with zero attached hydrogens (tertiary/aromatic N) is 3. The lowest BCUT2D eigenvalue weighted by molar-refractivity contribution is -0.384. The molecular weight excluding hydrogens is 252 g/mol. The Morgan fingerprint density at radius 2 is 2.00 bits per heavy atom. The van der Waals surface area contributed by atoms with Crippen LogP contribution in [0, 0.1) is 10.1 Å². The van der Waals surface area contributed by atoms with Crippen molar-refractivity contribution in [2.45, 2.75) is 0 Å². The van der Waals surface area contributed by atoms with Gasteiger partial charge in [-0.15, -0.1) is 0 Å². The fourth-order valence-corrected chi connectivity index (χ4v) is 1.53. The lowest BCUT2D eigenvalue weighted by atomic mass is 10.1. The van der Waals surface area contributed by atoms with E-state index >= 15 is 0 Å². The SMILES string of the molecule is O=C(O)c1cccc(Nc2cncnc2)c1[N+](=O)[O-]. The topological polar surface area (TPSA) is 118 Å². The van der Waals surface area contributed by atoms with Crippen LogP contribution >= 0.6 is 0 Å². The molecule has 2 N–H and O–H groups in total. The van der Waals surface area contributed by atoms with Crippen molar-refractivity contribution in [3.05, 3.63) is 52.6 Å². The second-order valence-electron chi connectivity index (χ2n) is 3.52. The fourth-order valence-electron chi connectivity index (χ4n) is 1.53. The molecule has 8 heteroatoms. The summed E-state index contributed by atoms with van der Waals surface area (Å²) in [6.07, 6.45) is 4.15. The summed E-state index contributed by atoms with van der Waals surface area (Å²) in [5.41, 5.74) is -0.390. The van der Waals surface area contributed by atoms with Crippen LogP contribution in [-0.4, -0.2) is 26.0 Å². The molecule has 0 fully saturated rings. The number of para-hydroxylation sites is 1. The average molecular weight is 260 g/mol. The second-order valence-corrected chi connectivity index (χ2v) is 3.52. The van der Waals surface area contributed by atoms with Crippen LogP contribution in [-0.2, 0) is 0 Å². The molecule has 19 heavy (non-hydrogen) atoms. The number of nitro benzene ring substituents is 1. The second kappa shape index (κ2) is 5.08. The van der Waals surface area contributed by atoms with Gasteiger partial charge in [-0.3, -0.25) is 10.1 Å². The zero-order chi connectivity index (χ0) is 13.8. The number of carboxylic acids is 1. The minimum atomic E-state index is -1.36. The molecule has 1 heterocycles. The zero-order valence-corrected chi connectivity index (χ0v) is 9.48. The number of hydrogen-bond acceptors (Lipinski definition) is 6. The highest BCUT2D eigenvalue weighted by molar-refractivity contribution is 5.95. The number of anilines is 2. The molecule has 0 aliphatic carbocycles. The quantitative estimate of drug-likeness (QED) is 0.635. The van der Waals surface area contributed by atoms with Crippen molar-refractivity contribution < 1.29 is 14.8 Å². The van der Waals surface area contributed by atoms with Gasteiger partial charge in [0, 0.05) is 0 Å². The third-order valence-corrected chi connectivity index (χ3v) is 2.29. The van der Waals surface area contributed by atoms with Gasteiger partial charge in [-0.2, -0.15) is 0 Å². The van der Waals surface area contributed by atoms with Gasteiger partial charge in [0.15, 0.2) is 0 Å². The molecule has 0 aliphatic rings. The molecule has 0 saturated carbocycles. The summed E-state index contributed by atoms with van der Waals surface area (Å²) in [7, 11) is 0. The van der Waals surface area contributed by atoms with Gasteiger partial charge >= 0.3 is 11.7 Å². The summed E-state index contributed by atoms with van der Waals surface area (Å²) in [6.45, 7) is 0. The molecule has 2 aromatic rings. The number of nitrogens with one attached hydrogen (secondary N) is 1. The van der Waals surface area contributed by atoms with Crippen LogP contribution < -0.4 is 5.32 Å². The van der Waals surface area contributed by atoms with E-state index in [9.17, 15) is 14.9 Å². The summed E-state index contributed by atoms with van der Waals surface area (Å²) in [6, 6.07) is 4.01. The van der Waals surface area contributed by atoms with Crippen molar-refractivity contribution in [3.8, 4) is 0 Å².